The molecule has 0 unspecified atom stereocenters. The topological polar surface area (TPSA) is 36.3 Å². The summed E-state index contributed by atoms with van der Waals surface area (Å²) in [5, 5.41) is 5.72. The largest absolute Gasteiger partial charge is 0.370 e. The number of pyridine rings is 1. The molecule has 0 saturated carbocycles. The van der Waals surface area contributed by atoms with Crippen molar-refractivity contribution in [3.63, 3.8) is 0 Å². The van der Waals surface area contributed by atoms with Gasteiger partial charge in [0.05, 0.1) is 28.5 Å². The van der Waals surface area contributed by atoms with Gasteiger partial charge in [-0.2, -0.15) is 0 Å². The van der Waals surface area contributed by atoms with Gasteiger partial charge in [0, 0.05) is 47.1 Å². The third kappa shape index (κ3) is 5.22. The second-order valence-electron chi connectivity index (χ2n) is 11.4. The number of hydrogen-bond acceptors (Lipinski definition) is 3. The molecule has 212 valence electrons. The standard InChI is InChI=1S/C33H35Cl2N5S/c1-20-12-15-38(16-13-20)29-11-10-25(19-27(29)35)40-32(31(37-33(40)41)28-7-5-6-14-36-28)26-17-22(3)39(23(26)4)30-18-24(34)9-8-21(30)2/h5-11,14,17-20,31-32H,12-13,15-16H2,1-4H3,(H,37,41)/t31-,32-/m0/s1. The van der Waals surface area contributed by atoms with E-state index in [4.69, 9.17) is 40.4 Å². The van der Waals surface area contributed by atoms with E-state index in [9.17, 15) is 0 Å². The highest BCUT2D eigenvalue weighted by Crippen LogP contribution is 2.45. The minimum atomic E-state index is -0.139. The molecule has 0 aliphatic carbocycles. The number of anilines is 2. The van der Waals surface area contributed by atoms with Gasteiger partial charge < -0.3 is 19.7 Å². The van der Waals surface area contributed by atoms with Gasteiger partial charge in [0.25, 0.3) is 0 Å². The van der Waals surface area contributed by atoms with Crippen LogP contribution in [0.5, 0.6) is 0 Å². The summed E-state index contributed by atoms with van der Waals surface area (Å²) < 4.78 is 2.29. The van der Waals surface area contributed by atoms with Crippen LogP contribution < -0.4 is 15.1 Å². The van der Waals surface area contributed by atoms with E-state index in [1.165, 1.54) is 18.4 Å². The van der Waals surface area contributed by atoms with E-state index < -0.39 is 0 Å². The molecule has 2 aliphatic heterocycles. The smallest absolute Gasteiger partial charge is 0.174 e. The van der Waals surface area contributed by atoms with Crippen molar-refractivity contribution < 1.29 is 0 Å². The lowest BCUT2D eigenvalue weighted by Gasteiger charge is -2.33. The average molecular weight is 605 g/mol. The molecule has 4 aromatic rings. The van der Waals surface area contributed by atoms with Gasteiger partial charge in [-0.15, -0.1) is 0 Å². The highest BCUT2D eigenvalue weighted by molar-refractivity contribution is 7.80. The third-order valence-corrected chi connectivity index (χ3v) is 9.49. The quantitative estimate of drug-likeness (QED) is 0.231. The van der Waals surface area contributed by atoms with E-state index in [1.807, 2.05) is 30.5 Å². The Morgan fingerprint density at radius 1 is 0.927 bits per heavy atom. The summed E-state index contributed by atoms with van der Waals surface area (Å²) in [4.78, 5) is 9.35. The number of aromatic nitrogens is 2. The van der Waals surface area contributed by atoms with E-state index >= 15 is 0 Å². The number of piperidine rings is 1. The Bertz CT molecular complexity index is 1590. The van der Waals surface area contributed by atoms with E-state index in [2.05, 4.69) is 83.8 Å². The number of nitrogens with one attached hydrogen (secondary N) is 1. The predicted octanol–water partition coefficient (Wildman–Crippen LogP) is 8.52. The van der Waals surface area contributed by atoms with Crippen molar-refractivity contribution in [2.75, 3.05) is 22.9 Å². The van der Waals surface area contributed by atoms with E-state index in [0.717, 1.165) is 63.7 Å². The highest BCUT2D eigenvalue weighted by atomic mass is 35.5. The molecule has 5 nitrogen and oxygen atoms in total. The summed E-state index contributed by atoms with van der Waals surface area (Å²) in [6, 6.07) is 20.4. The molecule has 0 amide bonds. The molecule has 0 bridgehead atoms. The molecule has 2 aromatic carbocycles. The maximum absolute atomic E-state index is 6.98. The van der Waals surface area contributed by atoms with Gasteiger partial charge in [-0.1, -0.05) is 42.3 Å². The molecular weight excluding hydrogens is 569 g/mol. The molecule has 0 radical (unpaired) electrons. The molecule has 4 heterocycles. The average Bonchev–Trinajstić information content (AvgIpc) is 3.45. The maximum Gasteiger partial charge on any atom is 0.174 e. The molecule has 2 atom stereocenters. The summed E-state index contributed by atoms with van der Waals surface area (Å²) in [5.41, 5.74) is 8.69. The SMILES string of the molecule is Cc1ccc(Cl)cc1-n1c(C)cc([C@H]2[C@H](c3ccccn3)NC(=S)N2c2ccc(N3CCC(C)CC3)c(Cl)c2)c1C. The lowest BCUT2D eigenvalue weighted by atomic mass is 9.96. The van der Waals surface area contributed by atoms with Crippen LogP contribution in [0.3, 0.4) is 0 Å². The first-order valence-electron chi connectivity index (χ1n) is 14.2. The zero-order chi connectivity index (χ0) is 28.8. The Hall–Kier alpha value is -3.06. The Morgan fingerprint density at radius 2 is 1.71 bits per heavy atom. The first kappa shape index (κ1) is 28.1. The van der Waals surface area contributed by atoms with Crippen molar-refractivity contribution in [3.8, 4) is 5.69 Å². The number of rotatable bonds is 5. The Morgan fingerprint density at radius 3 is 2.41 bits per heavy atom. The van der Waals surface area contributed by atoms with E-state index in [1.54, 1.807) is 0 Å². The van der Waals surface area contributed by atoms with Crippen molar-refractivity contribution in [1.82, 2.24) is 14.9 Å². The second kappa shape index (κ2) is 11.3. The highest BCUT2D eigenvalue weighted by Gasteiger charge is 2.42. The minimum absolute atomic E-state index is 0.130. The molecular formula is C33H35Cl2N5S. The van der Waals surface area contributed by atoms with Gasteiger partial charge in [0.2, 0.25) is 0 Å². The summed E-state index contributed by atoms with van der Waals surface area (Å²) in [6.45, 7) is 10.8. The Labute approximate surface area is 258 Å². The molecule has 2 aromatic heterocycles. The van der Waals surface area contributed by atoms with Crippen molar-refractivity contribution >= 4 is 51.9 Å². The molecule has 1 N–H and O–H groups in total. The van der Waals surface area contributed by atoms with Crippen molar-refractivity contribution in [1.29, 1.82) is 0 Å². The Balaban J connectivity index is 1.45. The fourth-order valence-corrected chi connectivity index (χ4v) is 7.19. The fourth-order valence-electron chi connectivity index (χ4n) is 6.38. The van der Waals surface area contributed by atoms with Crippen molar-refractivity contribution in [2.45, 2.75) is 52.6 Å². The summed E-state index contributed by atoms with van der Waals surface area (Å²) in [7, 11) is 0. The van der Waals surface area contributed by atoms with Crippen LogP contribution in [0.15, 0.2) is 66.9 Å². The van der Waals surface area contributed by atoms with E-state index in [0.29, 0.717) is 10.1 Å². The van der Waals surface area contributed by atoms with Gasteiger partial charge in [-0.05, 0) is 111 Å². The molecule has 8 heteroatoms. The molecule has 0 spiro atoms. The van der Waals surface area contributed by atoms with Crippen LogP contribution in [-0.4, -0.2) is 27.8 Å². The maximum atomic E-state index is 6.98. The minimum Gasteiger partial charge on any atom is -0.370 e. The summed E-state index contributed by atoms with van der Waals surface area (Å²) in [6.07, 6.45) is 4.21. The van der Waals surface area contributed by atoms with Gasteiger partial charge in [0.1, 0.15) is 0 Å². The lowest BCUT2D eigenvalue weighted by molar-refractivity contribution is 0.438. The zero-order valence-corrected chi connectivity index (χ0v) is 26.2. The van der Waals surface area contributed by atoms with Crippen LogP contribution in [0, 0.1) is 26.7 Å². The van der Waals surface area contributed by atoms with Crippen LogP contribution >= 0.6 is 35.4 Å². The van der Waals surface area contributed by atoms with Crippen LogP contribution in [-0.2, 0) is 0 Å². The van der Waals surface area contributed by atoms with Gasteiger partial charge in [0.15, 0.2) is 5.11 Å². The molecule has 2 aliphatic rings. The first-order chi connectivity index (χ1) is 19.7. The van der Waals surface area contributed by atoms with Crippen molar-refractivity contribution in [3.05, 3.63) is 105 Å². The molecule has 41 heavy (non-hydrogen) atoms. The number of aryl methyl sites for hydroxylation is 2. The monoisotopic (exact) mass is 603 g/mol. The third-order valence-electron chi connectivity index (χ3n) is 8.63. The molecule has 6 rings (SSSR count). The first-order valence-corrected chi connectivity index (χ1v) is 15.4. The van der Waals surface area contributed by atoms with Gasteiger partial charge in [-0.25, -0.2) is 0 Å². The molecule has 2 fully saturated rings. The van der Waals surface area contributed by atoms with Crippen LogP contribution in [0.4, 0.5) is 11.4 Å². The number of hydrogen-bond donors (Lipinski definition) is 1. The molecule has 2 saturated heterocycles. The van der Waals surface area contributed by atoms with Crippen LogP contribution in [0.25, 0.3) is 5.69 Å². The Kier molecular flexibility index (Phi) is 7.75. The number of nitrogens with zero attached hydrogens (tertiary/aromatic N) is 4. The van der Waals surface area contributed by atoms with Crippen LogP contribution in [0.1, 0.15) is 60.1 Å². The predicted molar refractivity (Wildman–Crippen MR) is 175 cm³/mol. The van der Waals surface area contributed by atoms with Gasteiger partial charge in [-0.3, -0.25) is 4.98 Å². The fraction of sp³-hybridized carbons (Fsp3) is 0.333. The lowest BCUT2D eigenvalue weighted by Crippen LogP contribution is -2.33. The van der Waals surface area contributed by atoms with Crippen LogP contribution in [0.2, 0.25) is 10.0 Å². The number of benzene rings is 2. The number of thiocarbonyl (C=S) groups is 1. The second-order valence-corrected chi connectivity index (χ2v) is 12.6. The van der Waals surface area contributed by atoms with Crippen molar-refractivity contribution in [2.24, 2.45) is 5.92 Å². The summed E-state index contributed by atoms with van der Waals surface area (Å²) in [5.74, 6) is 0.760. The van der Waals surface area contributed by atoms with Gasteiger partial charge >= 0.3 is 0 Å². The number of halogens is 2. The zero-order valence-electron chi connectivity index (χ0n) is 23.9. The normalized spacial score (nSPS) is 19.6. The summed E-state index contributed by atoms with van der Waals surface area (Å²) >= 11 is 19.4. The van der Waals surface area contributed by atoms with E-state index in [-0.39, 0.29) is 12.1 Å².